The highest BCUT2D eigenvalue weighted by Gasteiger charge is 2.30. The summed E-state index contributed by atoms with van der Waals surface area (Å²) in [7, 11) is 1.87. The topological polar surface area (TPSA) is 41.1 Å². The highest BCUT2D eigenvalue weighted by molar-refractivity contribution is 7.10. The van der Waals surface area contributed by atoms with Gasteiger partial charge in [0.2, 0.25) is 5.91 Å². The van der Waals surface area contributed by atoms with Crippen LogP contribution in [-0.2, 0) is 10.2 Å². The first-order chi connectivity index (χ1) is 7.09. The molecule has 0 spiro atoms. The van der Waals surface area contributed by atoms with Crippen LogP contribution in [0.3, 0.4) is 0 Å². The van der Waals surface area contributed by atoms with E-state index in [0.29, 0.717) is 6.54 Å². The Morgan fingerprint density at radius 2 is 2.12 bits per heavy atom. The lowest BCUT2D eigenvalue weighted by Crippen LogP contribution is -2.41. The molecular formula is C11H19ClN2OS. The number of nitrogens with one attached hydrogen (secondary N) is 2. The number of likely N-dealkylation sites (N-methyl/N-ethyl adjacent to an activating group) is 1. The third-order valence-electron chi connectivity index (χ3n) is 2.37. The van der Waals surface area contributed by atoms with Crippen molar-refractivity contribution in [2.24, 2.45) is 0 Å². The minimum absolute atomic E-state index is 0. The molecule has 16 heavy (non-hydrogen) atoms. The van der Waals surface area contributed by atoms with Gasteiger partial charge in [-0.3, -0.25) is 4.79 Å². The van der Waals surface area contributed by atoms with Crippen LogP contribution >= 0.6 is 23.7 Å². The second kappa shape index (κ2) is 6.89. The summed E-state index contributed by atoms with van der Waals surface area (Å²) in [6, 6.07) is 3.98. The Balaban J connectivity index is 0.00000225. The van der Waals surface area contributed by atoms with E-state index in [1.165, 1.54) is 0 Å². The molecule has 0 bridgehead atoms. The Labute approximate surface area is 107 Å². The SMILES string of the molecule is CNCCNC(=O)C(C)(C)c1cccs1.Cl. The first kappa shape index (κ1) is 15.4. The van der Waals surface area contributed by atoms with Crippen molar-refractivity contribution >= 4 is 29.7 Å². The second-order valence-corrected chi connectivity index (χ2v) is 4.91. The van der Waals surface area contributed by atoms with Crippen LogP contribution in [0.15, 0.2) is 17.5 Å². The van der Waals surface area contributed by atoms with E-state index in [9.17, 15) is 4.79 Å². The predicted octanol–water partition coefficient (Wildman–Crippen LogP) is 1.78. The van der Waals surface area contributed by atoms with Crippen molar-refractivity contribution < 1.29 is 4.79 Å². The molecule has 3 nitrogen and oxygen atoms in total. The fourth-order valence-electron chi connectivity index (χ4n) is 1.27. The van der Waals surface area contributed by atoms with E-state index < -0.39 is 5.41 Å². The number of carbonyl (C=O) groups is 1. The van der Waals surface area contributed by atoms with Gasteiger partial charge in [-0.1, -0.05) is 6.07 Å². The van der Waals surface area contributed by atoms with Crippen LogP contribution in [-0.4, -0.2) is 26.0 Å². The van der Waals surface area contributed by atoms with E-state index in [2.05, 4.69) is 10.6 Å². The van der Waals surface area contributed by atoms with Crippen LogP contribution < -0.4 is 10.6 Å². The maximum atomic E-state index is 11.9. The second-order valence-electron chi connectivity index (χ2n) is 3.96. The van der Waals surface area contributed by atoms with Crippen LogP contribution in [0.1, 0.15) is 18.7 Å². The molecule has 5 heteroatoms. The van der Waals surface area contributed by atoms with Crippen molar-refractivity contribution in [3.63, 3.8) is 0 Å². The Hall–Kier alpha value is -0.580. The number of rotatable bonds is 5. The molecule has 1 aromatic rings. The van der Waals surface area contributed by atoms with Gasteiger partial charge in [0.25, 0.3) is 0 Å². The molecule has 0 fully saturated rings. The largest absolute Gasteiger partial charge is 0.354 e. The lowest BCUT2D eigenvalue weighted by molar-refractivity contribution is -0.125. The van der Waals surface area contributed by atoms with Crippen LogP contribution in [0.2, 0.25) is 0 Å². The third kappa shape index (κ3) is 3.77. The Morgan fingerprint density at radius 1 is 1.44 bits per heavy atom. The molecule has 2 N–H and O–H groups in total. The van der Waals surface area contributed by atoms with Crippen LogP contribution in [0.5, 0.6) is 0 Å². The lowest BCUT2D eigenvalue weighted by Gasteiger charge is -2.22. The average molecular weight is 263 g/mol. The number of halogens is 1. The monoisotopic (exact) mass is 262 g/mol. The van der Waals surface area contributed by atoms with E-state index >= 15 is 0 Å². The Morgan fingerprint density at radius 3 is 2.62 bits per heavy atom. The molecule has 0 aliphatic heterocycles. The van der Waals surface area contributed by atoms with Crippen molar-refractivity contribution in [3.05, 3.63) is 22.4 Å². The number of carbonyl (C=O) groups excluding carboxylic acids is 1. The summed E-state index contributed by atoms with van der Waals surface area (Å²) in [5, 5.41) is 7.91. The van der Waals surface area contributed by atoms with Crippen molar-refractivity contribution in [2.45, 2.75) is 19.3 Å². The van der Waals surface area contributed by atoms with Crippen molar-refractivity contribution in [3.8, 4) is 0 Å². The van der Waals surface area contributed by atoms with Gasteiger partial charge in [0.15, 0.2) is 0 Å². The minimum atomic E-state index is -0.429. The molecule has 0 atom stereocenters. The molecule has 0 aliphatic rings. The standard InChI is InChI=1S/C11H18N2OS.ClH/c1-11(2,9-5-4-8-15-9)10(14)13-7-6-12-3;/h4-5,8,12H,6-7H2,1-3H3,(H,13,14);1H. The minimum Gasteiger partial charge on any atom is -0.354 e. The zero-order valence-electron chi connectivity index (χ0n) is 9.87. The summed E-state index contributed by atoms with van der Waals surface area (Å²) in [6.45, 7) is 5.37. The van der Waals surface area contributed by atoms with Gasteiger partial charge in [0.05, 0.1) is 5.41 Å². The van der Waals surface area contributed by atoms with Crippen molar-refractivity contribution in [2.75, 3.05) is 20.1 Å². The van der Waals surface area contributed by atoms with Crippen LogP contribution in [0.25, 0.3) is 0 Å². The van der Waals surface area contributed by atoms with Gasteiger partial charge in [-0.2, -0.15) is 0 Å². The fraction of sp³-hybridized carbons (Fsp3) is 0.545. The van der Waals surface area contributed by atoms with E-state index in [-0.39, 0.29) is 18.3 Å². The summed E-state index contributed by atoms with van der Waals surface area (Å²) in [4.78, 5) is 13.0. The normalized spacial score (nSPS) is 10.7. The van der Waals surface area contributed by atoms with Gasteiger partial charge >= 0.3 is 0 Å². The van der Waals surface area contributed by atoms with Gasteiger partial charge in [-0.15, -0.1) is 23.7 Å². The molecule has 1 heterocycles. The highest BCUT2D eigenvalue weighted by Crippen LogP contribution is 2.27. The maximum Gasteiger partial charge on any atom is 0.230 e. The van der Waals surface area contributed by atoms with E-state index in [4.69, 9.17) is 0 Å². The summed E-state index contributed by atoms with van der Waals surface area (Å²) in [5.74, 6) is 0.0835. The Bertz CT molecular complexity index is 312. The molecular weight excluding hydrogens is 244 g/mol. The molecule has 0 unspecified atom stereocenters. The lowest BCUT2D eigenvalue weighted by atomic mass is 9.90. The van der Waals surface area contributed by atoms with Gasteiger partial charge in [-0.05, 0) is 32.3 Å². The van der Waals surface area contributed by atoms with Crippen molar-refractivity contribution in [1.82, 2.24) is 10.6 Å². The van der Waals surface area contributed by atoms with Gasteiger partial charge in [0, 0.05) is 18.0 Å². The molecule has 0 saturated heterocycles. The molecule has 92 valence electrons. The zero-order valence-corrected chi connectivity index (χ0v) is 11.5. The van der Waals surface area contributed by atoms with Crippen LogP contribution in [0, 0.1) is 0 Å². The summed E-state index contributed by atoms with van der Waals surface area (Å²) >= 11 is 1.62. The summed E-state index contributed by atoms with van der Waals surface area (Å²) in [5.41, 5.74) is -0.429. The first-order valence-corrected chi connectivity index (χ1v) is 5.94. The zero-order chi connectivity index (χ0) is 11.3. The van der Waals surface area contributed by atoms with Crippen molar-refractivity contribution in [1.29, 1.82) is 0 Å². The highest BCUT2D eigenvalue weighted by atomic mass is 35.5. The number of hydrogen-bond acceptors (Lipinski definition) is 3. The van der Waals surface area contributed by atoms with E-state index in [1.54, 1.807) is 11.3 Å². The molecule has 0 saturated carbocycles. The molecule has 0 aliphatic carbocycles. The number of thiophene rings is 1. The molecule has 1 rings (SSSR count). The van der Waals surface area contributed by atoms with Gasteiger partial charge < -0.3 is 10.6 Å². The Kier molecular flexibility index (Phi) is 6.64. The molecule has 0 aromatic carbocycles. The van der Waals surface area contributed by atoms with E-state index in [1.807, 2.05) is 38.4 Å². The smallest absolute Gasteiger partial charge is 0.230 e. The average Bonchev–Trinajstić information content (AvgIpc) is 2.71. The quantitative estimate of drug-likeness (QED) is 0.795. The third-order valence-corrected chi connectivity index (χ3v) is 3.56. The summed E-state index contributed by atoms with van der Waals surface area (Å²) < 4.78 is 0. The van der Waals surface area contributed by atoms with Gasteiger partial charge in [0.1, 0.15) is 0 Å². The first-order valence-electron chi connectivity index (χ1n) is 5.06. The van der Waals surface area contributed by atoms with Gasteiger partial charge in [-0.25, -0.2) is 0 Å². The maximum absolute atomic E-state index is 11.9. The van der Waals surface area contributed by atoms with Crippen LogP contribution in [0.4, 0.5) is 0 Å². The van der Waals surface area contributed by atoms with E-state index in [0.717, 1.165) is 11.4 Å². The molecule has 1 aromatic heterocycles. The number of amides is 1. The molecule has 0 radical (unpaired) electrons. The predicted molar refractivity (Wildman–Crippen MR) is 71.5 cm³/mol. The fourth-order valence-corrected chi connectivity index (χ4v) is 2.12. The summed E-state index contributed by atoms with van der Waals surface area (Å²) in [6.07, 6.45) is 0. The number of hydrogen-bond donors (Lipinski definition) is 2. The molecule has 1 amide bonds.